The Balaban J connectivity index is 1.87. The molecule has 1 aromatic heterocycles. The zero-order valence-corrected chi connectivity index (χ0v) is 19.4. The van der Waals surface area contributed by atoms with Gasteiger partial charge in [0, 0.05) is 37.3 Å². The van der Waals surface area contributed by atoms with Crippen molar-refractivity contribution >= 4 is 45.8 Å². The van der Waals surface area contributed by atoms with Crippen molar-refractivity contribution in [2.24, 2.45) is 0 Å². The zero-order chi connectivity index (χ0) is 23.5. The molecule has 0 bridgehead atoms. The zero-order valence-electron chi connectivity index (χ0n) is 18.6. The first kappa shape index (κ1) is 22.4. The van der Waals surface area contributed by atoms with Crippen LogP contribution in [0.2, 0.25) is 0 Å². The Morgan fingerprint density at radius 1 is 0.879 bits per heavy atom. The maximum Gasteiger partial charge on any atom is 0.336 e. The molecule has 166 valence electrons. The Kier molecular flexibility index (Phi) is 6.33. The molecule has 4 aromatic rings. The number of aromatic nitrogens is 2. The van der Waals surface area contributed by atoms with Crippen molar-refractivity contribution in [3.63, 3.8) is 0 Å². The van der Waals surface area contributed by atoms with Gasteiger partial charge in [0.25, 0.3) is 0 Å². The monoisotopic (exact) mass is 457 g/mol. The Labute approximate surface area is 196 Å². The van der Waals surface area contributed by atoms with Crippen molar-refractivity contribution in [3.05, 3.63) is 94.6 Å². The highest BCUT2D eigenvalue weighted by Crippen LogP contribution is 2.28. The van der Waals surface area contributed by atoms with E-state index in [4.69, 9.17) is 0 Å². The van der Waals surface area contributed by atoms with Gasteiger partial charge < -0.3 is 10.0 Å². The lowest BCUT2D eigenvalue weighted by Gasteiger charge is -2.15. The van der Waals surface area contributed by atoms with Gasteiger partial charge in [0.05, 0.1) is 17.3 Å². The van der Waals surface area contributed by atoms with Gasteiger partial charge in [0.2, 0.25) is 0 Å². The van der Waals surface area contributed by atoms with Crippen molar-refractivity contribution in [1.29, 1.82) is 0 Å². The number of anilines is 1. The van der Waals surface area contributed by atoms with E-state index in [0.717, 1.165) is 28.5 Å². The highest BCUT2D eigenvalue weighted by atomic mass is 32.1. The highest BCUT2D eigenvalue weighted by molar-refractivity contribution is 7.00. The molecule has 6 nitrogen and oxygen atoms in total. The van der Waals surface area contributed by atoms with E-state index in [1.807, 2.05) is 62.3 Å². The van der Waals surface area contributed by atoms with Crippen LogP contribution in [0.25, 0.3) is 16.6 Å². The second kappa shape index (κ2) is 9.34. The topological polar surface area (TPSA) is 83.4 Å². The summed E-state index contributed by atoms with van der Waals surface area (Å²) in [6.07, 6.45) is 0.190. The van der Waals surface area contributed by atoms with Gasteiger partial charge in [-0.25, -0.2) is 4.79 Å². The van der Waals surface area contributed by atoms with Crippen molar-refractivity contribution in [2.75, 3.05) is 19.0 Å². The molecule has 3 aromatic carbocycles. The summed E-state index contributed by atoms with van der Waals surface area (Å²) in [6.45, 7) is 1.94. The molecule has 0 radical (unpaired) electrons. The first-order chi connectivity index (χ1) is 15.8. The van der Waals surface area contributed by atoms with Crippen LogP contribution in [0, 0.1) is 6.92 Å². The van der Waals surface area contributed by atoms with Crippen molar-refractivity contribution in [1.82, 2.24) is 8.75 Å². The van der Waals surface area contributed by atoms with Gasteiger partial charge in [-0.15, -0.1) is 0 Å². The molecule has 0 aliphatic rings. The average Bonchev–Trinajstić information content (AvgIpc) is 3.27. The first-order valence-electron chi connectivity index (χ1n) is 10.4. The van der Waals surface area contributed by atoms with Crippen LogP contribution >= 0.6 is 11.7 Å². The fourth-order valence-electron chi connectivity index (χ4n) is 3.64. The van der Waals surface area contributed by atoms with E-state index in [-0.39, 0.29) is 23.4 Å². The lowest BCUT2D eigenvalue weighted by Crippen LogP contribution is -2.14. The third-order valence-corrected chi connectivity index (χ3v) is 6.04. The lowest BCUT2D eigenvalue weighted by molar-refractivity contribution is -0.130. The summed E-state index contributed by atoms with van der Waals surface area (Å²) in [5.41, 5.74) is 5.29. The molecule has 0 atom stereocenters. The first-order valence-corrected chi connectivity index (χ1v) is 11.1. The number of hydrogen-bond donors (Lipinski definition) is 1. The summed E-state index contributed by atoms with van der Waals surface area (Å²) in [6, 6.07) is 20.0. The summed E-state index contributed by atoms with van der Waals surface area (Å²) in [5, 5.41) is 10.2. The van der Waals surface area contributed by atoms with Gasteiger partial charge >= 0.3 is 5.97 Å². The average molecular weight is 458 g/mol. The van der Waals surface area contributed by atoms with E-state index >= 15 is 0 Å². The molecule has 7 heteroatoms. The molecular weight excluding hydrogens is 434 g/mol. The van der Waals surface area contributed by atoms with Crippen LogP contribution < -0.4 is 4.90 Å². The SMILES string of the molecule is Cc1ccc(C(=O)C(Cc2ccc(N(C)C)cc2)=C(C(=O)O)c2ccc3nsnc3c2)cc1. The Morgan fingerprint density at radius 3 is 2.15 bits per heavy atom. The van der Waals surface area contributed by atoms with E-state index in [9.17, 15) is 14.7 Å². The molecule has 0 spiro atoms. The third kappa shape index (κ3) is 4.83. The molecule has 0 fully saturated rings. The van der Waals surface area contributed by atoms with E-state index in [1.54, 1.807) is 30.3 Å². The summed E-state index contributed by atoms with van der Waals surface area (Å²) < 4.78 is 8.41. The molecule has 0 aliphatic carbocycles. The number of hydrogen-bond acceptors (Lipinski definition) is 6. The molecule has 1 N–H and O–H groups in total. The second-order valence-electron chi connectivity index (χ2n) is 8.06. The number of fused-ring (bicyclic) bond motifs is 1. The number of carbonyl (C=O) groups excluding carboxylic acids is 1. The molecule has 33 heavy (non-hydrogen) atoms. The predicted molar refractivity (Wildman–Crippen MR) is 132 cm³/mol. The highest BCUT2D eigenvalue weighted by Gasteiger charge is 2.24. The number of nitrogens with zero attached hydrogens (tertiary/aromatic N) is 3. The van der Waals surface area contributed by atoms with Crippen LogP contribution in [-0.2, 0) is 11.2 Å². The van der Waals surface area contributed by atoms with Crippen molar-refractivity contribution in [3.8, 4) is 0 Å². The van der Waals surface area contributed by atoms with E-state index in [2.05, 4.69) is 8.75 Å². The number of ketones is 1. The van der Waals surface area contributed by atoms with E-state index in [0.29, 0.717) is 22.2 Å². The number of allylic oxidation sites excluding steroid dienone is 1. The standard InChI is InChI=1S/C26H23N3O3S/c1-16-4-8-18(9-5-16)25(30)21(14-17-6-11-20(12-7-17)29(2)3)24(26(31)32)19-10-13-22-23(15-19)28-33-27-22/h4-13,15H,14H2,1-3H3,(H,31,32). The molecular formula is C26H23N3O3S. The maximum absolute atomic E-state index is 13.6. The fraction of sp³-hybridized carbons (Fsp3) is 0.154. The molecule has 1 heterocycles. The molecule has 0 saturated heterocycles. The largest absolute Gasteiger partial charge is 0.478 e. The second-order valence-corrected chi connectivity index (χ2v) is 8.59. The number of carbonyl (C=O) groups is 2. The summed E-state index contributed by atoms with van der Waals surface area (Å²) >= 11 is 1.07. The van der Waals surface area contributed by atoms with E-state index in [1.165, 1.54) is 0 Å². The number of aliphatic carboxylic acids is 1. The number of carboxylic acids is 1. The minimum absolute atomic E-state index is 0.0211. The number of carboxylic acid groups (broad SMARTS) is 1. The number of rotatable bonds is 7. The van der Waals surface area contributed by atoms with Crippen LogP contribution in [0.4, 0.5) is 5.69 Å². The van der Waals surface area contributed by atoms with Crippen LogP contribution in [0.3, 0.4) is 0 Å². The Hall–Kier alpha value is -3.84. The smallest absolute Gasteiger partial charge is 0.336 e. The van der Waals surface area contributed by atoms with Gasteiger partial charge in [0.1, 0.15) is 11.0 Å². The Morgan fingerprint density at radius 2 is 1.52 bits per heavy atom. The Bertz CT molecular complexity index is 1350. The fourth-order valence-corrected chi connectivity index (χ4v) is 4.16. The number of aryl methyl sites for hydroxylation is 1. The maximum atomic E-state index is 13.6. The molecule has 0 aliphatic heterocycles. The third-order valence-electron chi connectivity index (χ3n) is 5.48. The summed E-state index contributed by atoms with van der Waals surface area (Å²) in [7, 11) is 3.90. The van der Waals surface area contributed by atoms with Crippen LogP contribution in [0.15, 0.2) is 72.3 Å². The van der Waals surface area contributed by atoms with Gasteiger partial charge in [-0.1, -0.05) is 48.0 Å². The minimum Gasteiger partial charge on any atom is -0.478 e. The summed E-state index contributed by atoms with van der Waals surface area (Å²) in [5.74, 6) is -1.46. The normalized spacial score (nSPS) is 11.8. The van der Waals surface area contributed by atoms with Gasteiger partial charge in [-0.3, -0.25) is 4.79 Å². The van der Waals surface area contributed by atoms with Gasteiger partial charge in [-0.05, 0) is 42.3 Å². The van der Waals surface area contributed by atoms with Crippen molar-refractivity contribution in [2.45, 2.75) is 13.3 Å². The molecule has 0 amide bonds. The van der Waals surface area contributed by atoms with Crippen LogP contribution in [-0.4, -0.2) is 39.7 Å². The molecule has 0 unspecified atom stereocenters. The van der Waals surface area contributed by atoms with Gasteiger partial charge in [-0.2, -0.15) is 8.75 Å². The van der Waals surface area contributed by atoms with E-state index < -0.39 is 5.97 Å². The quantitative estimate of drug-likeness (QED) is 0.310. The lowest BCUT2D eigenvalue weighted by atomic mass is 9.89. The number of benzene rings is 3. The number of Topliss-reactive ketones (excluding diaryl/α,β-unsaturated/α-hetero) is 1. The van der Waals surface area contributed by atoms with Gasteiger partial charge in [0.15, 0.2) is 5.78 Å². The van der Waals surface area contributed by atoms with Crippen LogP contribution in [0.1, 0.15) is 27.0 Å². The summed E-state index contributed by atoms with van der Waals surface area (Å²) in [4.78, 5) is 28.1. The van der Waals surface area contributed by atoms with Crippen LogP contribution in [0.5, 0.6) is 0 Å². The molecule has 0 saturated carbocycles. The predicted octanol–water partition coefficient (Wildman–Crippen LogP) is 5.03. The van der Waals surface area contributed by atoms with Crippen molar-refractivity contribution < 1.29 is 14.7 Å². The minimum atomic E-state index is -1.15. The molecule has 4 rings (SSSR count).